The molecule has 0 saturated heterocycles. The molecule has 0 aliphatic heterocycles. The molecule has 2 aromatic carbocycles. The minimum Gasteiger partial charge on any atom is -0.320 e. The van der Waals surface area contributed by atoms with E-state index in [0.717, 1.165) is 49.3 Å². The highest BCUT2D eigenvalue weighted by atomic mass is 32.1. The fourth-order valence-corrected chi connectivity index (χ4v) is 5.38. The van der Waals surface area contributed by atoms with E-state index in [2.05, 4.69) is 35.7 Å². The fourth-order valence-electron chi connectivity index (χ4n) is 4.13. The summed E-state index contributed by atoms with van der Waals surface area (Å²) in [5.74, 6) is -0.0352. The van der Waals surface area contributed by atoms with Gasteiger partial charge < -0.3 is 10.2 Å². The Kier molecular flexibility index (Phi) is 6.58. The molecule has 0 unspecified atom stereocenters. The molecule has 0 spiro atoms. The van der Waals surface area contributed by atoms with Gasteiger partial charge in [-0.2, -0.15) is 5.26 Å². The van der Waals surface area contributed by atoms with Crippen LogP contribution in [0.25, 0.3) is 0 Å². The molecule has 0 bridgehead atoms. The number of nitrogens with zero attached hydrogens (tertiary/aromatic N) is 1. The second kappa shape index (κ2) is 9.71. The van der Waals surface area contributed by atoms with Crippen LogP contribution in [0, 0.1) is 11.3 Å². The summed E-state index contributed by atoms with van der Waals surface area (Å²) in [5, 5.41) is 13.4. The minimum absolute atomic E-state index is 0.0352. The Morgan fingerprint density at radius 1 is 0.967 bits per heavy atom. The van der Waals surface area contributed by atoms with E-state index in [4.69, 9.17) is 0 Å². The van der Waals surface area contributed by atoms with Crippen molar-refractivity contribution in [3.63, 3.8) is 0 Å². The van der Waals surface area contributed by atoms with Crippen molar-refractivity contribution in [2.75, 3.05) is 11.9 Å². The molecular formula is C25H26N3OS+. The molecule has 1 amide bonds. The Morgan fingerprint density at radius 3 is 2.17 bits per heavy atom. The molecule has 1 heterocycles. The molecule has 30 heavy (non-hydrogen) atoms. The molecule has 0 fully saturated rings. The monoisotopic (exact) mass is 416 g/mol. The largest absolute Gasteiger partial charge is 0.320 e. The summed E-state index contributed by atoms with van der Waals surface area (Å²) in [6.45, 7) is 1.90. The van der Waals surface area contributed by atoms with E-state index in [1.807, 2.05) is 36.4 Å². The summed E-state index contributed by atoms with van der Waals surface area (Å²) in [5.41, 5.74) is 4.25. The van der Waals surface area contributed by atoms with E-state index in [1.54, 1.807) is 11.3 Å². The molecule has 1 aromatic heterocycles. The highest BCUT2D eigenvalue weighted by Gasteiger charge is 2.23. The Balaban J connectivity index is 1.49. The molecule has 0 atom stereocenters. The lowest BCUT2D eigenvalue weighted by molar-refractivity contribution is -0.919. The lowest BCUT2D eigenvalue weighted by atomic mass is 9.96. The number of fused-ring (bicyclic) bond motifs is 1. The van der Waals surface area contributed by atoms with Crippen LogP contribution in [0.2, 0.25) is 0 Å². The number of hydrogen-bond donors (Lipinski definition) is 2. The molecule has 1 aliphatic rings. The van der Waals surface area contributed by atoms with Crippen molar-refractivity contribution in [3.05, 3.63) is 87.8 Å². The molecule has 5 heteroatoms. The van der Waals surface area contributed by atoms with Crippen LogP contribution in [0.4, 0.5) is 5.00 Å². The number of carbonyl (C=O) groups is 1. The third-order valence-electron chi connectivity index (χ3n) is 5.54. The van der Waals surface area contributed by atoms with Gasteiger partial charge in [0.2, 0.25) is 0 Å². The van der Waals surface area contributed by atoms with Gasteiger partial charge in [0.05, 0.1) is 5.56 Å². The van der Waals surface area contributed by atoms with Crippen molar-refractivity contribution in [2.45, 2.75) is 38.8 Å². The first-order valence-corrected chi connectivity index (χ1v) is 11.3. The van der Waals surface area contributed by atoms with Crippen LogP contribution in [-0.4, -0.2) is 12.5 Å². The first kappa shape index (κ1) is 20.3. The predicted molar refractivity (Wildman–Crippen MR) is 120 cm³/mol. The Morgan fingerprint density at radius 2 is 1.57 bits per heavy atom. The maximum absolute atomic E-state index is 12.9. The first-order chi connectivity index (χ1) is 14.7. The van der Waals surface area contributed by atoms with Gasteiger partial charge in [-0.15, -0.1) is 11.3 Å². The van der Waals surface area contributed by atoms with E-state index >= 15 is 0 Å². The average Bonchev–Trinajstić information content (AvgIpc) is 3.11. The van der Waals surface area contributed by atoms with Gasteiger partial charge in [-0.3, -0.25) is 4.79 Å². The zero-order valence-corrected chi connectivity index (χ0v) is 17.8. The van der Waals surface area contributed by atoms with Gasteiger partial charge in [0.25, 0.3) is 5.91 Å². The smallest absolute Gasteiger partial charge is 0.280 e. The van der Waals surface area contributed by atoms with Crippen LogP contribution in [-0.2, 0) is 30.7 Å². The Labute approximate surface area is 181 Å². The average molecular weight is 417 g/mol. The number of nitrogens with one attached hydrogen (secondary N) is 2. The number of hydrogen-bond acceptors (Lipinski definition) is 3. The van der Waals surface area contributed by atoms with Crippen LogP contribution >= 0.6 is 11.3 Å². The second-order valence-electron chi connectivity index (χ2n) is 7.83. The summed E-state index contributed by atoms with van der Waals surface area (Å²) in [6, 6.07) is 22.9. The van der Waals surface area contributed by atoms with Crippen molar-refractivity contribution in [1.82, 2.24) is 0 Å². The third kappa shape index (κ3) is 4.96. The van der Waals surface area contributed by atoms with Gasteiger partial charge in [-0.1, -0.05) is 60.7 Å². The maximum atomic E-state index is 12.9. The number of nitriles is 1. The molecule has 152 valence electrons. The predicted octanol–water partition coefficient (Wildman–Crippen LogP) is 3.72. The SMILES string of the molecule is N#Cc1c(NC(=O)C[NH+](Cc2ccccc2)Cc2ccccc2)sc2c1CCCC2. The number of thiophene rings is 1. The van der Waals surface area contributed by atoms with Crippen molar-refractivity contribution in [3.8, 4) is 6.07 Å². The fraction of sp³-hybridized carbons (Fsp3) is 0.280. The number of rotatable bonds is 7. The highest BCUT2D eigenvalue weighted by Crippen LogP contribution is 2.37. The van der Waals surface area contributed by atoms with E-state index in [0.29, 0.717) is 12.1 Å². The van der Waals surface area contributed by atoms with E-state index in [-0.39, 0.29) is 5.91 Å². The van der Waals surface area contributed by atoms with Crippen molar-refractivity contribution < 1.29 is 9.69 Å². The number of amides is 1. The lowest BCUT2D eigenvalue weighted by Gasteiger charge is -2.19. The molecule has 4 rings (SSSR count). The Hall–Kier alpha value is -2.94. The third-order valence-corrected chi connectivity index (χ3v) is 6.75. The molecule has 3 aromatic rings. The summed E-state index contributed by atoms with van der Waals surface area (Å²) in [6.07, 6.45) is 4.25. The van der Waals surface area contributed by atoms with Gasteiger partial charge in [0.15, 0.2) is 6.54 Å². The number of quaternary nitrogens is 1. The van der Waals surface area contributed by atoms with E-state index in [1.165, 1.54) is 20.9 Å². The zero-order valence-electron chi connectivity index (χ0n) is 17.0. The lowest BCUT2D eigenvalue weighted by Crippen LogP contribution is -3.10. The van der Waals surface area contributed by atoms with Gasteiger partial charge >= 0.3 is 0 Å². The molecule has 0 radical (unpaired) electrons. The van der Waals surface area contributed by atoms with Crippen LogP contribution in [0.1, 0.15) is 40.0 Å². The summed E-state index contributed by atoms with van der Waals surface area (Å²) in [4.78, 5) is 15.4. The second-order valence-corrected chi connectivity index (χ2v) is 8.93. The van der Waals surface area contributed by atoms with Crippen LogP contribution in [0.5, 0.6) is 0 Å². The number of benzene rings is 2. The van der Waals surface area contributed by atoms with Crippen LogP contribution in [0.15, 0.2) is 60.7 Å². The van der Waals surface area contributed by atoms with Crippen LogP contribution in [0.3, 0.4) is 0 Å². The number of aryl methyl sites for hydroxylation is 1. The first-order valence-electron chi connectivity index (χ1n) is 10.5. The summed E-state index contributed by atoms with van der Waals surface area (Å²) >= 11 is 1.59. The standard InChI is InChI=1S/C25H25N3OS/c26-15-22-21-13-7-8-14-23(21)30-25(22)27-24(29)18-28(16-19-9-3-1-4-10-19)17-20-11-5-2-6-12-20/h1-6,9-12H,7-8,13-14,16-18H2,(H,27,29)/p+1. The van der Waals surface area contributed by atoms with Crippen molar-refractivity contribution in [2.24, 2.45) is 0 Å². The highest BCUT2D eigenvalue weighted by molar-refractivity contribution is 7.16. The molecule has 0 saturated carbocycles. The summed E-state index contributed by atoms with van der Waals surface area (Å²) < 4.78 is 0. The van der Waals surface area contributed by atoms with Gasteiger partial charge in [-0.05, 0) is 31.2 Å². The number of anilines is 1. The van der Waals surface area contributed by atoms with Gasteiger partial charge in [-0.25, -0.2) is 0 Å². The van der Waals surface area contributed by atoms with Gasteiger partial charge in [0.1, 0.15) is 24.2 Å². The van der Waals surface area contributed by atoms with E-state index in [9.17, 15) is 10.1 Å². The number of carbonyl (C=O) groups excluding carboxylic acids is 1. The molecule has 1 aliphatic carbocycles. The van der Waals surface area contributed by atoms with Crippen molar-refractivity contribution >= 4 is 22.2 Å². The molecular weight excluding hydrogens is 390 g/mol. The zero-order chi connectivity index (χ0) is 20.8. The quantitative estimate of drug-likeness (QED) is 0.617. The van der Waals surface area contributed by atoms with Gasteiger partial charge in [0, 0.05) is 16.0 Å². The maximum Gasteiger partial charge on any atom is 0.280 e. The van der Waals surface area contributed by atoms with E-state index < -0.39 is 0 Å². The van der Waals surface area contributed by atoms with Crippen molar-refractivity contribution in [1.29, 1.82) is 5.26 Å². The molecule has 2 N–H and O–H groups in total. The Bertz CT molecular complexity index is 996. The topological polar surface area (TPSA) is 57.3 Å². The van der Waals surface area contributed by atoms with Crippen LogP contribution < -0.4 is 10.2 Å². The summed E-state index contributed by atoms with van der Waals surface area (Å²) in [7, 11) is 0. The molecule has 4 nitrogen and oxygen atoms in total. The minimum atomic E-state index is -0.0352. The normalized spacial score (nSPS) is 12.9.